The Morgan fingerprint density at radius 3 is 2.79 bits per heavy atom. The van der Waals surface area contributed by atoms with E-state index in [0.29, 0.717) is 17.9 Å². The van der Waals surface area contributed by atoms with Crippen LogP contribution in [0.3, 0.4) is 0 Å². The van der Waals surface area contributed by atoms with Gasteiger partial charge < -0.3 is 14.5 Å². The minimum absolute atomic E-state index is 0.00931. The van der Waals surface area contributed by atoms with E-state index < -0.39 is 10.3 Å². The van der Waals surface area contributed by atoms with Gasteiger partial charge in [-0.15, -0.1) is 11.8 Å². The molecule has 3 rings (SSSR count). The number of carbonyl (C=O) groups excluding carboxylic acids is 1. The number of carbonyl (C=O) groups is 1. The molecule has 150 valence electrons. The van der Waals surface area contributed by atoms with Gasteiger partial charge in [0.05, 0.1) is 28.7 Å². The monoisotopic (exact) mass is 405 g/mol. The summed E-state index contributed by atoms with van der Waals surface area (Å²) in [5.41, 5.74) is 1.39. The average molecular weight is 405 g/mol. The van der Waals surface area contributed by atoms with Gasteiger partial charge >= 0.3 is 5.97 Å². The normalized spacial score (nSPS) is 17.0. The lowest BCUT2D eigenvalue weighted by Crippen LogP contribution is -2.26. The number of non-ortho nitro benzene ring substituents is 1. The maximum Gasteiger partial charge on any atom is 0.311 e. The molecule has 28 heavy (non-hydrogen) atoms. The highest BCUT2D eigenvalue weighted by Crippen LogP contribution is 2.31. The average Bonchev–Trinajstić information content (AvgIpc) is 3.24. The zero-order valence-electron chi connectivity index (χ0n) is 16.3. The van der Waals surface area contributed by atoms with E-state index in [1.165, 1.54) is 17.8 Å². The van der Waals surface area contributed by atoms with Gasteiger partial charge in [0, 0.05) is 24.3 Å². The number of nitro groups is 1. The predicted molar refractivity (Wildman–Crippen MR) is 109 cm³/mol. The fourth-order valence-electron chi connectivity index (χ4n) is 2.83. The first-order valence-electron chi connectivity index (χ1n) is 8.86. The Labute approximate surface area is 166 Å². The van der Waals surface area contributed by atoms with Crippen molar-refractivity contribution in [3.05, 3.63) is 39.6 Å². The van der Waals surface area contributed by atoms with Gasteiger partial charge in [0.25, 0.3) is 5.69 Å². The molecule has 1 aliphatic heterocycles. The van der Waals surface area contributed by atoms with Gasteiger partial charge in [-0.2, -0.15) is 0 Å². The molecule has 0 fully saturated rings. The Hall–Kier alpha value is -2.39. The summed E-state index contributed by atoms with van der Waals surface area (Å²) in [4.78, 5) is 30.7. The molecule has 0 radical (unpaired) electrons. The van der Waals surface area contributed by atoms with E-state index in [0.717, 1.165) is 21.7 Å². The summed E-state index contributed by atoms with van der Waals surface area (Å²) in [5.74, 6) is 0.437. The summed E-state index contributed by atoms with van der Waals surface area (Å²) in [7, 11) is 1.55. The first kappa shape index (κ1) is 20.3. The van der Waals surface area contributed by atoms with Crippen molar-refractivity contribution in [2.24, 2.45) is 10.4 Å². The number of hydrogen-bond acceptors (Lipinski definition) is 7. The second kappa shape index (κ2) is 7.92. The molecule has 0 bridgehead atoms. The number of benzene rings is 1. The lowest BCUT2D eigenvalue weighted by Gasteiger charge is -2.17. The first-order chi connectivity index (χ1) is 13.2. The van der Waals surface area contributed by atoms with E-state index in [1.807, 2.05) is 32.9 Å². The third-order valence-electron chi connectivity index (χ3n) is 4.24. The second-order valence-electron chi connectivity index (χ2n) is 7.70. The van der Waals surface area contributed by atoms with E-state index in [9.17, 15) is 14.9 Å². The van der Waals surface area contributed by atoms with Crippen LogP contribution >= 0.6 is 11.8 Å². The van der Waals surface area contributed by atoms with E-state index in [-0.39, 0.29) is 24.3 Å². The molecule has 0 aliphatic carbocycles. The van der Waals surface area contributed by atoms with E-state index in [1.54, 1.807) is 7.11 Å². The molecule has 2 heterocycles. The van der Waals surface area contributed by atoms with Crippen LogP contribution < -0.4 is 0 Å². The zero-order chi connectivity index (χ0) is 20.5. The topological polar surface area (TPSA) is 107 Å². The molecule has 2 aromatic rings. The molecule has 1 unspecified atom stereocenters. The van der Waals surface area contributed by atoms with Crippen molar-refractivity contribution in [3.8, 4) is 0 Å². The van der Waals surface area contributed by atoms with Gasteiger partial charge in [-0.05, 0) is 38.5 Å². The van der Waals surface area contributed by atoms with Crippen molar-refractivity contribution >= 4 is 39.4 Å². The quantitative estimate of drug-likeness (QED) is 0.446. The number of esters is 1. The largest absolute Gasteiger partial charge is 0.463 e. The molecule has 0 spiro atoms. The molecule has 0 saturated heterocycles. The van der Waals surface area contributed by atoms with E-state index in [2.05, 4.69) is 9.98 Å². The predicted octanol–water partition coefficient (Wildman–Crippen LogP) is 3.67. The van der Waals surface area contributed by atoms with Crippen LogP contribution in [-0.4, -0.2) is 46.4 Å². The molecule has 8 nitrogen and oxygen atoms in total. The number of nitrogens with zero attached hydrogens (tertiary/aromatic N) is 2. The number of nitrogens with one attached hydrogen (secondary N) is 1. The third-order valence-corrected chi connectivity index (χ3v) is 5.39. The molecule has 1 aromatic heterocycles. The number of hydrogen-bond donors (Lipinski definition) is 1. The third kappa shape index (κ3) is 4.36. The lowest BCUT2D eigenvalue weighted by molar-refractivity contribution is -0.383. The molecule has 1 N–H and O–H groups in total. The zero-order valence-corrected chi connectivity index (χ0v) is 17.1. The number of H-pyrrole nitrogens is 1. The molecule has 1 atom stereocenters. The highest BCUT2D eigenvalue weighted by atomic mass is 32.2. The number of aliphatic imine (C=N–C) groups is 1. The first-order valence-corrected chi connectivity index (χ1v) is 9.84. The van der Waals surface area contributed by atoms with E-state index >= 15 is 0 Å². The van der Waals surface area contributed by atoms with Crippen LogP contribution in [-0.2, 0) is 20.9 Å². The van der Waals surface area contributed by atoms with Crippen LogP contribution in [0.5, 0.6) is 0 Å². The number of thioether (sulfide) groups is 1. The van der Waals surface area contributed by atoms with Crippen molar-refractivity contribution in [2.45, 2.75) is 33.4 Å². The Balaban J connectivity index is 1.83. The summed E-state index contributed by atoms with van der Waals surface area (Å²) in [6.07, 6.45) is 0. The number of rotatable bonds is 6. The van der Waals surface area contributed by atoms with Gasteiger partial charge in [0.15, 0.2) is 0 Å². The maximum atomic E-state index is 11.9. The summed E-state index contributed by atoms with van der Waals surface area (Å²) in [6.45, 7) is 5.95. The number of methoxy groups -OCH3 is 1. The van der Waals surface area contributed by atoms with Crippen molar-refractivity contribution in [2.75, 3.05) is 19.5 Å². The Morgan fingerprint density at radius 1 is 1.39 bits per heavy atom. The number of ether oxygens (including phenoxy) is 2. The van der Waals surface area contributed by atoms with Crippen LogP contribution in [0.25, 0.3) is 10.9 Å². The van der Waals surface area contributed by atoms with Crippen molar-refractivity contribution in [1.29, 1.82) is 0 Å². The van der Waals surface area contributed by atoms with Gasteiger partial charge in [-0.1, -0.05) is 0 Å². The Kier molecular flexibility index (Phi) is 5.76. The number of aromatic nitrogens is 1. The molecule has 9 heteroatoms. The van der Waals surface area contributed by atoms with Crippen molar-refractivity contribution in [3.63, 3.8) is 0 Å². The van der Waals surface area contributed by atoms with Crippen molar-refractivity contribution < 1.29 is 19.2 Å². The van der Waals surface area contributed by atoms with Gasteiger partial charge in [0.1, 0.15) is 17.2 Å². The summed E-state index contributed by atoms with van der Waals surface area (Å²) >= 11 is 1.54. The van der Waals surface area contributed by atoms with Gasteiger partial charge in [-0.25, -0.2) is 0 Å². The molecule has 0 saturated carbocycles. The molecule has 1 aliphatic rings. The second-order valence-corrected chi connectivity index (χ2v) is 8.71. The van der Waals surface area contributed by atoms with Crippen LogP contribution in [0.2, 0.25) is 0 Å². The minimum Gasteiger partial charge on any atom is -0.463 e. The highest BCUT2D eigenvalue weighted by molar-refractivity contribution is 8.14. The van der Waals surface area contributed by atoms with Gasteiger partial charge in [0.2, 0.25) is 0 Å². The smallest absolute Gasteiger partial charge is 0.311 e. The van der Waals surface area contributed by atoms with Crippen LogP contribution in [0.4, 0.5) is 5.69 Å². The number of fused-ring (bicyclic) bond motifs is 1. The van der Waals surface area contributed by atoms with Crippen LogP contribution in [0.15, 0.2) is 23.2 Å². The van der Waals surface area contributed by atoms with Crippen molar-refractivity contribution in [1.82, 2.24) is 4.98 Å². The fourth-order valence-corrected chi connectivity index (χ4v) is 3.84. The molecule has 1 aromatic carbocycles. The molecular weight excluding hydrogens is 382 g/mol. The highest BCUT2D eigenvalue weighted by Gasteiger charge is 2.27. The number of nitro benzene ring substituents is 1. The summed E-state index contributed by atoms with van der Waals surface area (Å²) in [6, 6.07) is 5.12. The lowest BCUT2D eigenvalue weighted by atomic mass is 9.97. The maximum absolute atomic E-state index is 11.9. The minimum atomic E-state index is -0.547. The molecular formula is C19H23N3O5S. The fraction of sp³-hybridized carbons (Fsp3) is 0.474. The van der Waals surface area contributed by atoms with Crippen LogP contribution in [0.1, 0.15) is 32.0 Å². The Bertz CT molecular complexity index is 945. The summed E-state index contributed by atoms with van der Waals surface area (Å²) < 4.78 is 10.5. The Morgan fingerprint density at radius 2 is 2.14 bits per heavy atom. The standard InChI is InChI=1S/C19H23N3O5S/c1-19(2,3)18(23)27-9-13-10-28-17(20-13)14-7-12-5-11(8-26-4)6-15(22(24)25)16(12)21-14/h5-7,13,21H,8-10H2,1-4H3. The SMILES string of the molecule is COCc1cc([N+](=O)[O-])c2[nH]c(C3=NC(COC(=O)C(C)(C)C)CS3)cc2c1. The number of aromatic amines is 1. The van der Waals surface area contributed by atoms with E-state index in [4.69, 9.17) is 9.47 Å². The van der Waals surface area contributed by atoms with Gasteiger partial charge in [-0.3, -0.25) is 19.9 Å². The molecule has 0 amide bonds. The summed E-state index contributed by atoms with van der Waals surface area (Å²) in [5, 5.41) is 12.9. The van der Waals surface area contributed by atoms with Crippen LogP contribution in [0, 0.1) is 15.5 Å².